The summed E-state index contributed by atoms with van der Waals surface area (Å²) in [7, 11) is 0. The molecule has 4 rings (SSSR count). The predicted molar refractivity (Wildman–Crippen MR) is 154 cm³/mol. The second-order valence-corrected chi connectivity index (χ2v) is 11.3. The van der Waals surface area contributed by atoms with Crippen LogP contribution < -0.4 is 10.1 Å². The standard InChI is InChI=1S/C32H42FN3O4/c1-4-30(37)36-19-18-35(21-24(36)3)22-29(26-9-8-23(2)28(33)20-26)40-27-12-10-25(11-13-27)31(38)34-17-16-32(39)14-6-5-7-15-32/h4,8-13,20,24,29,39H,1,5-7,14-19,21-22H2,2-3H3,(H,34,38)/t24-,29-/m1/s1. The number of benzene rings is 2. The number of piperazine rings is 1. The van der Waals surface area contributed by atoms with Crippen LogP contribution in [0.15, 0.2) is 55.1 Å². The van der Waals surface area contributed by atoms with E-state index in [2.05, 4.69) is 16.8 Å². The van der Waals surface area contributed by atoms with Crippen molar-refractivity contribution < 1.29 is 23.8 Å². The Kier molecular flexibility index (Phi) is 9.98. The molecule has 1 aliphatic carbocycles. The smallest absolute Gasteiger partial charge is 0.251 e. The maximum absolute atomic E-state index is 14.5. The van der Waals surface area contributed by atoms with E-state index >= 15 is 0 Å². The van der Waals surface area contributed by atoms with Crippen molar-refractivity contribution in [1.82, 2.24) is 15.1 Å². The van der Waals surface area contributed by atoms with Gasteiger partial charge in [-0.1, -0.05) is 38.0 Å². The molecule has 2 amide bonds. The van der Waals surface area contributed by atoms with Crippen molar-refractivity contribution in [1.29, 1.82) is 0 Å². The number of nitrogens with one attached hydrogen (secondary N) is 1. The van der Waals surface area contributed by atoms with Gasteiger partial charge in [-0.05, 0) is 80.6 Å². The van der Waals surface area contributed by atoms with Gasteiger partial charge in [-0.15, -0.1) is 0 Å². The topological polar surface area (TPSA) is 82.1 Å². The molecule has 1 heterocycles. The minimum Gasteiger partial charge on any atom is -0.484 e. The fourth-order valence-electron chi connectivity index (χ4n) is 5.72. The third kappa shape index (κ3) is 7.70. The van der Waals surface area contributed by atoms with Crippen LogP contribution in [-0.2, 0) is 4.79 Å². The molecule has 1 saturated carbocycles. The molecule has 0 bridgehead atoms. The van der Waals surface area contributed by atoms with Gasteiger partial charge in [0.25, 0.3) is 5.91 Å². The molecule has 2 aromatic carbocycles. The second-order valence-electron chi connectivity index (χ2n) is 11.3. The number of carbonyl (C=O) groups excluding carboxylic acids is 2. The Morgan fingerprint density at radius 1 is 1.18 bits per heavy atom. The van der Waals surface area contributed by atoms with Gasteiger partial charge in [0.2, 0.25) is 5.91 Å². The molecule has 0 unspecified atom stereocenters. The van der Waals surface area contributed by atoms with E-state index < -0.39 is 11.7 Å². The summed E-state index contributed by atoms with van der Waals surface area (Å²) < 4.78 is 20.9. The van der Waals surface area contributed by atoms with E-state index in [1.807, 2.05) is 17.9 Å². The van der Waals surface area contributed by atoms with Crippen LogP contribution in [0.1, 0.15) is 73.0 Å². The molecule has 8 heteroatoms. The Balaban J connectivity index is 1.39. The third-order valence-electron chi connectivity index (χ3n) is 8.22. The molecular weight excluding hydrogens is 509 g/mol. The summed E-state index contributed by atoms with van der Waals surface area (Å²) in [6.07, 6.45) is 6.28. The lowest BCUT2D eigenvalue weighted by Gasteiger charge is -2.40. The van der Waals surface area contributed by atoms with Crippen LogP contribution >= 0.6 is 0 Å². The van der Waals surface area contributed by atoms with Gasteiger partial charge in [-0.3, -0.25) is 14.5 Å². The monoisotopic (exact) mass is 551 g/mol. The summed E-state index contributed by atoms with van der Waals surface area (Å²) in [6.45, 7) is 10.2. The third-order valence-corrected chi connectivity index (χ3v) is 8.22. The zero-order valence-electron chi connectivity index (χ0n) is 23.7. The van der Waals surface area contributed by atoms with Gasteiger partial charge in [0.1, 0.15) is 17.7 Å². The number of halogens is 1. The van der Waals surface area contributed by atoms with Crippen LogP contribution in [0.2, 0.25) is 0 Å². The number of hydrogen-bond acceptors (Lipinski definition) is 5. The average molecular weight is 552 g/mol. The van der Waals surface area contributed by atoms with Crippen LogP contribution in [0.4, 0.5) is 4.39 Å². The zero-order valence-corrected chi connectivity index (χ0v) is 23.7. The van der Waals surface area contributed by atoms with Gasteiger partial charge < -0.3 is 20.1 Å². The van der Waals surface area contributed by atoms with E-state index in [-0.39, 0.29) is 23.7 Å². The van der Waals surface area contributed by atoms with Crippen molar-refractivity contribution in [2.75, 3.05) is 32.7 Å². The van der Waals surface area contributed by atoms with E-state index in [1.165, 1.54) is 12.1 Å². The maximum atomic E-state index is 14.5. The first kappa shape index (κ1) is 29.7. The maximum Gasteiger partial charge on any atom is 0.251 e. The van der Waals surface area contributed by atoms with Gasteiger partial charge in [0.15, 0.2) is 0 Å². The molecule has 0 aromatic heterocycles. The molecule has 0 spiro atoms. The quantitative estimate of drug-likeness (QED) is 0.415. The second kappa shape index (κ2) is 13.4. The number of hydrogen-bond donors (Lipinski definition) is 2. The molecule has 2 N–H and O–H groups in total. The Hall–Kier alpha value is -3.23. The van der Waals surface area contributed by atoms with Crippen molar-refractivity contribution in [3.63, 3.8) is 0 Å². The number of rotatable bonds is 10. The van der Waals surface area contributed by atoms with Gasteiger partial charge in [-0.25, -0.2) is 4.39 Å². The minimum absolute atomic E-state index is 0.0197. The zero-order chi connectivity index (χ0) is 28.7. The fraction of sp³-hybridized carbons (Fsp3) is 0.500. The molecule has 7 nitrogen and oxygen atoms in total. The summed E-state index contributed by atoms with van der Waals surface area (Å²) >= 11 is 0. The Morgan fingerprint density at radius 3 is 2.55 bits per heavy atom. The summed E-state index contributed by atoms with van der Waals surface area (Å²) in [5.74, 6) is 0.0249. The van der Waals surface area contributed by atoms with Crippen molar-refractivity contribution >= 4 is 11.8 Å². The van der Waals surface area contributed by atoms with Crippen molar-refractivity contribution in [3.05, 3.63) is 77.6 Å². The highest BCUT2D eigenvalue weighted by atomic mass is 19.1. The number of ether oxygens (including phenoxy) is 1. The fourth-order valence-corrected chi connectivity index (χ4v) is 5.72. The highest BCUT2D eigenvalue weighted by molar-refractivity contribution is 5.94. The molecule has 2 fully saturated rings. The first-order chi connectivity index (χ1) is 19.2. The molecule has 1 saturated heterocycles. The molecule has 2 aliphatic rings. The van der Waals surface area contributed by atoms with E-state index in [0.717, 1.165) is 37.7 Å². The first-order valence-corrected chi connectivity index (χ1v) is 14.4. The molecule has 0 radical (unpaired) electrons. The van der Waals surface area contributed by atoms with Crippen molar-refractivity contribution in [2.24, 2.45) is 0 Å². The van der Waals surface area contributed by atoms with Crippen LogP contribution in [0.3, 0.4) is 0 Å². The Morgan fingerprint density at radius 2 is 1.90 bits per heavy atom. The van der Waals surface area contributed by atoms with Crippen LogP contribution in [0.5, 0.6) is 5.75 Å². The lowest BCUT2D eigenvalue weighted by atomic mass is 9.82. The van der Waals surface area contributed by atoms with Crippen molar-refractivity contribution in [2.45, 2.75) is 70.1 Å². The van der Waals surface area contributed by atoms with Gasteiger partial charge in [0.05, 0.1) is 5.60 Å². The SMILES string of the molecule is C=CC(=O)N1CCN(C[C@@H](Oc2ccc(C(=O)NCCC3(O)CCCCC3)cc2)c2ccc(C)c(F)c2)C[C@H]1C. The normalized spacial score (nSPS) is 20.0. The van der Waals surface area contributed by atoms with Gasteiger partial charge in [0, 0.05) is 44.3 Å². The van der Waals surface area contributed by atoms with E-state index in [1.54, 1.807) is 37.3 Å². The van der Waals surface area contributed by atoms with Crippen LogP contribution in [0, 0.1) is 12.7 Å². The number of nitrogens with zero attached hydrogens (tertiary/aromatic N) is 2. The van der Waals surface area contributed by atoms with Gasteiger partial charge >= 0.3 is 0 Å². The lowest BCUT2D eigenvalue weighted by molar-refractivity contribution is -0.130. The Labute approximate surface area is 237 Å². The summed E-state index contributed by atoms with van der Waals surface area (Å²) in [5.41, 5.74) is 1.14. The van der Waals surface area contributed by atoms with Crippen LogP contribution in [0.25, 0.3) is 0 Å². The summed E-state index contributed by atoms with van der Waals surface area (Å²) in [4.78, 5) is 28.9. The number of carbonyl (C=O) groups is 2. The number of aryl methyl sites for hydroxylation is 1. The molecular formula is C32H42FN3O4. The Bertz CT molecular complexity index is 1180. The first-order valence-electron chi connectivity index (χ1n) is 14.4. The molecule has 216 valence electrons. The number of amides is 2. The van der Waals surface area contributed by atoms with Gasteiger partial charge in [-0.2, -0.15) is 0 Å². The highest BCUT2D eigenvalue weighted by Gasteiger charge is 2.30. The predicted octanol–water partition coefficient (Wildman–Crippen LogP) is 4.79. The van der Waals surface area contributed by atoms with E-state index in [4.69, 9.17) is 4.74 Å². The van der Waals surface area contributed by atoms with Crippen molar-refractivity contribution in [3.8, 4) is 5.75 Å². The lowest BCUT2D eigenvalue weighted by Crippen LogP contribution is -2.54. The largest absolute Gasteiger partial charge is 0.484 e. The summed E-state index contributed by atoms with van der Waals surface area (Å²) in [6, 6.07) is 12.1. The van der Waals surface area contributed by atoms with E-state index in [0.29, 0.717) is 56.0 Å². The molecule has 1 aliphatic heterocycles. The minimum atomic E-state index is -0.667. The average Bonchev–Trinajstić information content (AvgIpc) is 2.94. The van der Waals surface area contributed by atoms with E-state index in [9.17, 15) is 19.1 Å². The molecule has 40 heavy (non-hydrogen) atoms. The molecule has 2 atom stereocenters. The number of aliphatic hydroxyl groups is 1. The molecule has 2 aromatic rings. The van der Waals surface area contributed by atoms with Crippen LogP contribution in [-0.4, -0.2) is 71.1 Å². The summed E-state index contributed by atoms with van der Waals surface area (Å²) in [5, 5.41) is 13.6. The highest BCUT2D eigenvalue weighted by Crippen LogP contribution is 2.30.